The summed E-state index contributed by atoms with van der Waals surface area (Å²) in [5.74, 6) is -2.16. The number of halogens is 4. The molecule has 0 bridgehead atoms. The van der Waals surface area contributed by atoms with Crippen LogP contribution in [0.3, 0.4) is 0 Å². The van der Waals surface area contributed by atoms with Gasteiger partial charge in [-0.3, -0.25) is 4.98 Å². The van der Waals surface area contributed by atoms with Gasteiger partial charge in [-0.25, -0.2) is 14.8 Å². The van der Waals surface area contributed by atoms with E-state index in [1.165, 1.54) is 18.3 Å². The molecule has 2 aromatic rings. The van der Waals surface area contributed by atoms with E-state index in [-0.39, 0.29) is 10.7 Å². The van der Waals surface area contributed by atoms with Gasteiger partial charge in [0.2, 0.25) is 0 Å². The lowest BCUT2D eigenvalue weighted by Gasteiger charge is -2.10. The number of alkyl halides is 3. The van der Waals surface area contributed by atoms with Crippen molar-refractivity contribution in [1.82, 2.24) is 15.0 Å². The molecule has 1 N–H and O–H groups in total. The van der Waals surface area contributed by atoms with Gasteiger partial charge in [0, 0.05) is 12.4 Å². The van der Waals surface area contributed by atoms with Crippen LogP contribution < -0.4 is 0 Å². The smallest absolute Gasteiger partial charge is 0.434 e. The van der Waals surface area contributed by atoms with Gasteiger partial charge < -0.3 is 5.11 Å². The summed E-state index contributed by atoms with van der Waals surface area (Å²) in [5, 5.41) is 8.78. The fourth-order valence-corrected chi connectivity index (χ4v) is 1.62. The Kier molecular flexibility index (Phi) is 3.58. The first-order valence-corrected chi connectivity index (χ1v) is 5.47. The second-order valence-electron chi connectivity index (χ2n) is 3.59. The third kappa shape index (κ3) is 2.69. The van der Waals surface area contributed by atoms with Crippen LogP contribution in [0, 0.1) is 0 Å². The minimum Gasteiger partial charge on any atom is -0.478 e. The first-order valence-electron chi connectivity index (χ1n) is 5.09. The molecule has 0 unspecified atom stereocenters. The van der Waals surface area contributed by atoms with Crippen molar-refractivity contribution in [2.45, 2.75) is 6.18 Å². The predicted octanol–water partition coefficient (Wildman–Crippen LogP) is 2.91. The molecule has 0 aliphatic carbocycles. The van der Waals surface area contributed by atoms with Crippen LogP contribution in [0.5, 0.6) is 0 Å². The standard InChI is InChI=1S/C11H5ClF3N3O2/c12-6-2-1-3-16-7(6)9-17-4-5(10(19)20)8(18-9)11(13,14)15/h1-4H,(H,19,20). The lowest BCUT2D eigenvalue weighted by Crippen LogP contribution is -2.17. The van der Waals surface area contributed by atoms with Crippen LogP contribution in [-0.4, -0.2) is 26.0 Å². The Morgan fingerprint density at radius 1 is 1.30 bits per heavy atom. The largest absolute Gasteiger partial charge is 0.478 e. The van der Waals surface area contributed by atoms with E-state index in [1.807, 2.05) is 0 Å². The molecule has 104 valence electrons. The molecule has 0 spiro atoms. The lowest BCUT2D eigenvalue weighted by atomic mass is 10.2. The van der Waals surface area contributed by atoms with Crippen LogP contribution in [0.4, 0.5) is 13.2 Å². The van der Waals surface area contributed by atoms with Crippen LogP contribution in [0.2, 0.25) is 5.02 Å². The fourth-order valence-electron chi connectivity index (χ4n) is 1.42. The quantitative estimate of drug-likeness (QED) is 0.923. The van der Waals surface area contributed by atoms with Crippen molar-refractivity contribution in [3.63, 3.8) is 0 Å². The molecule has 2 rings (SSSR count). The molecule has 0 aliphatic heterocycles. The van der Waals surface area contributed by atoms with Gasteiger partial charge in [0.1, 0.15) is 11.3 Å². The van der Waals surface area contributed by atoms with Crippen molar-refractivity contribution >= 4 is 17.6 Å². The van der Waals surface area contributed by atoms with E-state index in [0.717, 1.165) is 0 Å². The van der Waals surface area contributed by atoms with Crippen molar-refractivity contribution in [2.24, 2.45) is 0 Å². The molecule has 5 nitrogen and oxygen atoms in total. The van der Waals surface area contributed by atoms with Gasteiger partial charge in [0.25, 0.3) is 0 Å². The van der Waals surface area contributed by atoms with Gasteiger partial charge in [0.05, 0.1) is 5.02 Å². The highest BCUT2D eigenvalue weighted by molar-refractivity contribution is 6.32. The molecule has 20 heavy (non-hydrogen) atoms. The van der Waals surface area contributed by atoms with Gasteiger partial charge in [0.15, 0.2) is 11.5 Å². The fraction of sp³-hybridized carbons (Fsp3) is 0.0909. The number of hydrogen-bond donors (Lipinski definition) is 1. The average Bonchev–Trinajstić information content (AvgIpc) is 2.37. The number of nitrogens with zero attached hydrogens (tertiary/aromatic N) is 3. The zero-order valence-electron chi connectivity index (χ0n) is 9.52. The first-order chi connectivity index (χ1) is 9.30. The number of aromatic carboxylic acids is 1. The molecule has 0 aliphatic rings. The molecular weight excluding hydrogens is 299 g/mol. The van der Waals surface area contributed by atoms with E-state index < -0.39 is 29.2 Å². The van der Waals surface area contributed by atoms with Crippen LogP contribution in [0.15, 0.2) is 24.5 Å². The van der Waals surface area contributed by atoms with Crippen molar-refractivity contribution in [1.29, 1.82) is 0 Å². The van der Waals surface area contributed by atoms with E-state index in [4.69, 9.17) is 16.7 Å². The van der Waals surface area contributed by atoms with Gasteiger partial charge in [-0.2, -0.15) is 13.2 Å². The molecule has 2 aromatic heterocycles. The number of rotatable bonds is 2. The molecule has 0 aromatic carbocycles. The summed E-state index contributed by atoms with van der Waals surface area (Å²) in [6, 6.07) is 2.90. The maximum atomic E-state index is 12.8. The summed E-state index contributed by atoms with van der Waals surface area (Å²) in [6.07, 6.45) is -3.03. The van der Waals surface area contributed by atoms with Crippen molar-refractivity contribution < 1.29 is 23.1 Å². The van der Waals surface area contributed by atoms with Crippen molar-refractivity contribution in [3.05, 3.63) is 40.8 Å². The van der Waals surface area contributed by atoms with Crippen molar-refractivity contribution in [2.75, 3.05) is 0 Å². The van der Waals surface area contributed by atoms with E-state index >= 15 is 0 Å². The monoisotopic (exact) mass is 303 g/mol. The molecule has 0 saturated carbocycles. The van der Waals surface area contributed by atoms with E-state index in [0.29, 0.717) is 6.20 Å². The SMILES string of the molecule is O=C(O)c1cnc(-c2ncccc2Cl)nc1C(F)(F)F. The summed E-state index contributed by atoms with van der Waals surface area (Å²) >= 11 is 5.79. The average molecular weight is 304 g/mol. The van der Waals surface area contributed by atoms with Gasteiger partial charge >= 0.3 is 12.1 Å². The zero-order valence-corrected chi connectivity index (χ0v) is 10.3. The number of hydrogen-bond acceptors (Lipinski definition) is 4. The third-order valence-electron chi connectivity index (χ3n) is 2.26. The highest BCUT2D eigenvalue weighted by Crippen LogP contribution is 2.32. The maximum Gasteiger partial charge on any atom is 0.434 e. The Balaban J connectivity index is 2.65. The Hall–Kier alpha value is -2.22. The molecule has 0 atom stereocenters. The Bertz CT molecular complexity index is 676. The summed E-state index contributed by atoms with van der Waals surface area (Å²) in [6.45, 7) is 0. The van der Waals surface area contributed by atoms with E-state index in [2.05, 4.69) is 15.0 Å². The minimum atomic E-state index is -4.92. The van der Waals surface area contributed by atoms with Crippen LogP contribution in [0.1, 0.15) is 16.1 Å². The van der Waals surface area contributed by atoms with Gasteiger partial charge in [-0.15, -0.1) is 0 Å². The summed E-state index contributed by atoms with van der Waals surface area (Å²) in [4.78, 5) is 21.3. The first kappa shape index (κ1) is 14.2. The summed E-state index contributed by atoms with van der Waals surface area (Å²) in [5.41, 5.74) is -2.64. The molecule has 0 amide bonds. The molecule has 0 saturated heterocycles. The normalized spacial score (nSPS) is 11.4. The maximum absolute atomic E-state index is 12.8. The number of carboxylic acid groups (broad SMARTS) is 1. The predicted molar refractivity (Wildman–Crippen MR) is 62.2 cm³/mol. The molecule has 0 fully saturated rings. The third-order valence-corrected chi connectivity index (χ3v) is 2.56. The Morgan fingerprint density at radius 3 is 2.55 bits per heavy atom. The topological polar surface area (TPSA) is 76.0 Å². The molecule has 0 radical (unpaired) electrons. The Labute approximate surface area is 115 Å². The zero-order chi connectivity index (χ0) is 14.9. The highest BCUT2D eigenvalue weighted by atomic mass is 35.5. The number of pyridine rings is 1. The second-order valence-corrected chi connectivity index (χ2v) is 4.00. The lowest BCUT2D eigenvalue weighted by molar-refractivity contribution is -0.141. The van der Waals surface area contributed by atoms with Gasteiger partial charge in [-0.1, -0.05) is 11.6 Å². The van der Waals surface area contributed by atoms with Crippen molar-refractivity contribution in [3.8, 4) is 11.5 Å². The van der Waals surface area contributed by atoms with E-state index in [9.17, 15) is 18.0 Å². The van der Waals surface area contributed by atoms with Crippen LogP contribution in [-0.2, 0) is 6.18 Å². The molecule has 2 heterocycles. The van der Waals surface area contributed by atoms with E-state index in [1.54, 1.807) is 0 Å². The summed E-state index contributed by atoms with van der Waals surface area (Å²) in [7, 11) is 0. The minimum absolute atomic E-state index is 0.0587. The van der Waals surface area contributed by atoms with Crippen LogP contribution in [0.25, 0.3) is 11.5 Å². The summed E-state index contributed by atoms with van der Waals surface area (Å²) < 4.78 is 38.4. The molecular formula is C11H5ClF3N3O2. The number of carboxylic acids is 1. The van der Waals surface area contributed by atoms with Crippen LogP contribution >= 0.6 is 11.6 Å². The second kappa shape index (κ2) is 5.04. The molecule has 9 heteroatoms. The highest BCUT2D eigenvalue weighted by Gasteiger charge is 2.38. The van der Waals surface area contributed by atoms with Gasteiger partial charge in [-0.05, 0) is 12.1 Å². The number of carbonyl (C=O) groups is 1. The Morgan fingerprint density at radius 2 is 2.00 bits per heavy atom. The number of aromatic nitrogens is 3.